The van der Waals surface area contributed by atoms with Crippen molar-refractivity contribution in [1.82, 2.24) is 15.1 Å². The van der Waals surface area contributed by atoms with Gasteiger partial charge in [-0.05, 0) is 45.3 Å². The van der Waals surface area contributed by atoms with Gasteiger partial charge in [0.05, 0.1) is 17.1 Å². The quantitative estimate of drug-likeness (QED) is 0.563. The Kier molecular flexibility index (Phi) is 13.5. The van der Waals surface area contributed by atoms with Gasteiger partial charge >= 0.3 is 0 Å². The molecule has 6 nitrogen and oxygen atoms in total. The second kappa shape index (κ2) is 15.1. The van der Waals surface area contributed by atoms with Crippen LogP contribution in [-0.2, 0) is 0 Å². The van der Waals surface area contributed by atoms with E-state index in [2.05, 4.69) is 20.6 Å². The summed E-state index contributed by atoms with van der Waals surface area (Å²) in [5, 5.41) is 13.9. The number of nitrogens with zero attached hydrogens (tertiary/aromatic N) is 3. The summed E-state index contributed by atoms with van der Waals surface area (Å²) >= 11 is 0. The van der Waals surface area contributed by atoms with Crippen LogP contribution in [0.5, 0.6) is 0 Å². The summed E-state index contributed by atoms with van der Waals surface area (Å²) in [6.45, 7) is 9.81. The van der Waals surface area contributed by atoms with Crippen molar-refractivity contribution in [2.45, 2.75) is 34.6 Å². The van der Waals surface area contributed by atoms with Crippen molar-refractivity contribution in [3.63, 3.8) is 0 Å². The molecule has 3 rings (SSSR count). The van der Waals surface area contributed by atoms with Crippen molar-refractivity contribution in [2.24, 2.45) is 10.2 Å². The molecule has 0 aliphatic heterocycles. The molecule has 1 aromatic heterocycles. The first-order valence-electron chi connectivity index (χ1n) is 9.59. The molecule has 2 N–H and O–H groups in total. The zero-order valence-corrected chi connectivity index (χ0v) is 18.0. The summed E-state index contributed by atoms with van der Waals surface area (Å²) in [7, 11) is 3.75. The number of aryl methyl sites for hydroxylation is 1. The summed E-state index contributed by atoms with van der Waals surface area (Å²) in [5.74, 6) is 0. The fourth-order valence-corrected chi connectivity index (χ4v) is 2.02. The SMILES string of the molecule is CC.CC.CNC.Cc1[nH]n(-c2ccccc2)c(=O)c1N=Nc1ccccc1. The third-order valence-corrected chi connectivity index (χ3v) is 3.08. The lowest BCUT2D eigenvalue weighted by atomic mass is 10.3. The normalized spacial score (nSPS) is 9.39. The van der Waals surface area contributed by atoms with E-state index < -0.39 is 0 Å². The topological polar surface area (TPSA) is 74.5 Å². The van der Waals surface area contributed by atoms with Crippen molar-refractivity contribution in [2.75, 3.05) is 14.1 Å². The van der Waals surface area contributed by atoms with Gasteiger partial charge in [-0.25, -0.2) is 4.68 Å². The summed E-state index contributed by atoms with van der Waals surface area (Å²) < 4.78 is 1.47. The van der Waals surface area contributed by atoms with Gasteiger partial charge in [0, 0.05) is 0 Å². The molecule has 0 saturated heterocycles. The van der Waals surface area contributed by atoms with Crippen LogP contribution in [0, 0.1) is 6.92 Å². The predicted molar refractivity (Wildman–Crippen MR) is 119 cm³/mol. The molecule has 0 spiro atoms. The molecule has 0 atom stereocenters. The second-order valence-electron chi connectivity index (χ2n) is 5.10. The van der Waals surface area contributed by atoms with E-state index in [9.17, 15) is 4.79 Å². The van der Waals surface area contributed by atoms with Crippen molar-refractivity contribution in [1.29, 1.82) is 0 Å². The van der Waals surface area contributed by atoms with Crippen LogP contribution >= 0.6 is 0 Å². The fraction of sp³-hybridized carbons (Fsp3) is 0.318. The van der Waals surface area contributed by atoms with Crippen LogP contribution in [0.1, 0.15) is 33.4 Å². The van der Waals surface area contributed by atoms with E-state index in [-0.39, 0.29) is 5.56 Å². The van der Waals surface area contributed by atoms with E-state index in [1.54, 1.807) is 6.92 Å². The average molecular weight is 384 g/mol. The summed E-state index contributed by atoms with van der Waals surface area (Å²) in [6.07, 6.45) is 0. The molecule has 0 bridgehead atoms. The lowest BCUT2D eigenvalue weighted by Crippen LogP contribution is -2.13. The van der Waals surface area contributed by atoms with Crippen LogP contribution in [0.15, 0.2) is 75.7 Å². The first kappa shape index (κ1) is 25.0. The first-order chi connectivity index (χ1) is 13.7. The average Bonchev–Trinajstić information content (AvgIpc) is 3.05. The molecule has 0 saturated carbocycles. The van der Waals surface area contributed by atoms with Crippen LogP contribution in [0.3, 0.4) is 0 Å². The number of para-hydroxylation sites is 1. The largest absolute Gasteiger partial charge is 0.323 e. The Balaban J connectivity index is 0.000000930. The zero-order valence-electron chi connectivity index (χ0n) is 18.0. The van der Waals surface area contributed by atoms with E-state index in [0.29, 0.717) is 17.1 Å². The number of H-pyrrole nitrogens is 1. The molecule has 0 aliphatic carbocycles. The molecule has 0 unspecified atom stereocenters. The van der Waals surface area contributed by atoms with Crippen molar-refractivity contribution >= 4 is 11.4 Å². The molecule has 28 heavy (non-hydrogen) atoms. The van der Waals surface area contributed by atoms with Gasteiger partial charge in [-0.2, -0.15) is 5.11 Å². The van der Waals surface area contributed by atoms with Crippen molar-refractivity contribution in [3.05, 3.63) is 76.7 Å². The number of hydrogen-bond donors (Lipinski definition) is 2. The highest BCUT2D eigenvalue weighted by Crippen LogP contribution is 2.18. The van der Waals surface area contributed by atoms with Gasteiger partial charge in [0.1, 0.15) is 0 Å². The highest BCUT2D eigenvalue weighted by Gasteiger charge is 2.11. The monoisotopic (exact) mass is 383 g/mol. The molecule has 3 aromatic rings. The molecule has 0 radical (unpaired) electrons. The highest BCUT2D eigenvalue weighted by atomic mass is 16.1. The Bertz CT molecular complexity index is 836. The Labute approximate surface area is 168 Å². The van der Waals surface area contributed by atoms with Crippen LogP contribution in [0.25, 0.3) is 5.69 Å². The fourth-order valence-electron chi connectivity index (χ4n) is 2.02. The minimum atomic E-state index is -0.210. The molecule has 2 aromatic carbocycles. The van der Waals surface area contributed by atoms with Crippen LogP contribution in [0.4, 0.5) is 11.4 Å². The Morgan fingerprint density at radius 3 is 1.79 bits per heavy atom. The number of azo groups is 1. The number of nitrogens with one attached hydrogen (secondary N) is 2. The number of aromatic amines is 1. The minimum absolute atomic E-state index is 0.210. The van der Waals surface area contributed by atoms with Crippen LogP contribution in [0.2, 0.25) is 0 Å². The Morgan fingerprint density at radius 1 is 0.821 bits per heavy atom. The van der Waals surface area contributed by atoms with Gasteiger partial charge in [0.25, 0.3) is 5.56 Å². The van der Waals surface area contributed by atoms with Crippen molar-refractivity contribution in [3.8, 4) is 5.69 Å². The van der Waals surface area contributed by atoms with Crippen molar-refractivity contribution < 1.29 is 0 Å². The maximum Gasteiger partial charge on any atom is 0.299 e. The standard InChI is InChI=1S/C16H14N4O.C2H7N.2C2H6/c1-12-15(18-17-13-8-4-2-5-9-13)16(21)20(19-12)14-10-6-3-7-11-14;1-3-2;2*1-2/h2-11,19H,1H3;3H,1-2H3;2*1-2H3. The molecule has 6 heteroatoms. The number of rotatable bonds is 3. The molecule has 0 fully saturated rings. The summed E-state index contributed by atoms with van der Waals surface area (Å²) in [4.78, 5) is 12.4. The van der Waals surface area contributed by atoms with Gasteiger partial charge in [-0.3, -0.25) is 9.89 Å². The third kappa shape index (κ3) is 7.72. The highest BCUT2D eigenvalue weighted by molar-refractivity contribution is 5.44. The molecule has 0 amide bonds. The van der Waals surface area contributed by atoms with Crippen LogP contribution in [-0.4, -0.2) is 23.9 Å². The van der Waals surface area contributed by atoms with E-state index >= 15 is 0 Å². The first-order valence-corrected chi connectivity index (χ1v) is 9.59. The molecule has 152 valence electrons. The van der Waals surface area contributed by atoms with E-state index in [0.717, 1.165) is 5.69 Å². The number of benzene rings is 2. The maximum atomic E-state index is 12.4. The van der Waals surface area contributed by atoms with Gasteiger partial charge in [0.2, 0.25) is 0 Å². The molecule has 1 heterocycles. The lowest BCUT2D eigenvalue weighted by Gasteiger charge is -1.99. The number of aromatic nitrogens is 2. The van der Waals surface area contributed by atoms with Gasteiger partial charge in [0.15, 0.2) is 5.69 Å². The van der Waals surface area contributed by atoms with E-state index in [1.165, 1.54) is 4.68 Å². The van der Waals surface area contributed by atoms with E-state index in [1.807, 2.05) is 102 Å². The maximum absolute atomic E-state index is 12.4. The molecular weight excluding hydrogens is 350 g/mol. The molecular formula is C22H33N5O. The number of hydrogen-bond acceptors (Lipinski definition) is 4. The summed E-state index contributed by atoms with van der Waals surface area (Å²) in [6, 6.07) is 18.7. The van der Waals surface area contributed by atoms with Gasteiger partial charge < -0.3 is 5.32 Å². The van der Waals surface area contributed by atoms with Gasteiger partial charge in [-0.1, -0.05) is 64.1 Å². The van der Waals surface area contributed by atoms with Gasteiger partial charge in [-0.15, -0.1) is 5.11 Å². The predicted octanol–water partition coefficient (Wildman–Crippen LogP) is 5.78. The van der Waals surface area contributed by atoms with Crippen LogP contribution < -0.4 is 10.9 Å². The smallest absolute Gasteiger partial charge is 0.299 e. The van der Waals surface area contributed by atoms with E-state index in [4.69, 9.17) is 0 Å². The third-order valence-electron chi connectivity index (χ3n) is 3.08. The molecule has 0 aliphatic rings. The minimum Gasteiger partial charge on any atom is -0.323 e. The Hall–Kier alpha value is -2.99. The lowest BCUT2D eigenvalue weighted by molar-refractivity contribution is 0.835. The second-order valence-corrected chi connectivity index (χ2v) is 5.10. The summed E-state index contributed by atoms with van der Waals surface area (Å²) in [5.41, 5.74) is 2.28. The Morgan fingerprint density at radius 2 is 1.29 bits per heavy atom. The zero-order chi connectivity index (χ0) is 21.4.